The van der Waals surface area contributed by atoms with Gasteiger partial charge in [0.25, 0.3) is 0 Å². The number of anilines is 1. The highest BCUT2D eigenvalue weighted by Crippen LogP contribution is 2.37. The highest BCUT2D eigenvalue weighted by molar-refractivity contribution is 5.78. The quantitative estimate of drug-likeness (QED) is 0.538. The molecule has 0 unspecified atom stereocenters. The van der Waals surface area contributed by atoms with Gasteiger partial charge in [-0.25, -0.2) is 4.98 Å². The molecule has 2 aromatic carbocycles. The lowest BCUT2D eigenvalue weighted by atomic mass is 10.0. The molecule has 0 bridgehead atoms. The number of aryl methyl sites for hydroxylation is 2. The maximum Gasteiger partial charge on any atom is 0.417 e. The van der Waals surface area contributed by atoms with E-state index in [1.165, 1.54) is 12.1 Å². The van der Waals surface area contributed by atoms with Crippen molar-refractivity contribution in [2.24, 2.45) is 0 Å². The second kappa shape index (κ2) is 7.50. The van der Waals surface area contributed by atoms with E-state index < -0.39 is 11.7 Å². The van der Waals surface area contributed by atoms with Gasteiger partial charge in [0.15, 0.2) is 0 Å². The maximum atomic E-state index is 13.4. The van der Waals surface area contributed by atoms with Crippen LogP contribution in [0.25, 0.3) is 17.0 Å². The van der Waals surface area contributed by atoms with Gasteiger partial charge in [0.2, 0.25) is 0 Å². The van der Waals surface area contributed by atoms with E-state index in [4.69, 9.17) is 0 Å². The van der Waals surface area contributed by atoms with Crippen molar-refractivity contribution in [1.82, 2.24) is 4.98 Å². The van der Waals surface area contributed by atoms with Crippen molar-refractivity contribution < 1.29 is 13.2 Å². The number of rotatable bonds is 4. The van der Waals surface area contributed by atoms with Crippen molar-refractivity contribution >= 4 is 11.5 Å². The molecule has 28 heavy (non-hydrogen) atoms. The van der Waals surface area contributed by atoms with Crippen LogP contribution in [0.3, 0.4) is 0 Å². The summed E-state index contributed by atoms with van der Waals surface area (Å²) in [6.07, 6.45) is -4.45. The van der Waals surface area contributed by atoms with E-state index >= 15 is 0 Å². The Bertz CT molecular complexity index is 1040. The lowest BCUT2D eigenvalue weighted by molar-refractivity contribution is -0.137. The van der Waals surface area contributed by atoms with Gasteiger partial charge in [-0.2, -0.15) is 13.2 Å². The molecule has 3 aromatic rings. The number of hydrogen-bond acceptors (Lipinski definition) is 2. The molecule has 3 rings (SSSR count). The largest absolute Gasteiger partial charge is 0.417 e. The lowest BCUT2D eigenvalue weighted by Gasteiger charge is -2.18. The Morgan fingerprint density at radius 2 is 1.57 bits per heavy atom. The van der Waals surface area contributed by atoms with Crippen LogP contribution < -0.4 is 5.32 Å². The molecule has 2 nitrogen and oxygen atoms in total. The number of aromatic nitrogens is 1. The van der Waals surface area contributed by atoms with Crippen molar-refractivity contribution in [3.63, 3.8) is 0 Å². The zero-order valence-electron chi connectivity index (χ0n) is 16.0. The van der Waals surface area contributed by atoms with Crippen molar-refractivity contribution in [2.75, 3.05) is 5.32 Å². The molecule has 0 atom stereocenters. The number of hydrogen-bond donors (Lipinski definition) is 1. The number of halogens is 3. The monoisotopic (exact) mass is 382 g/mol. The van der Waals surface area contributed by atoms with Crippen LogP contribution in [0.5, 0.6) is 0 Å². The van der Waals surface area contributed by atoms with Crippen LogP contribution in [0.15, 0.2) is 61.2 Å². The van der Waals surface area contributed by atoms with Crippen molar-refractivity contribution in [1.29, 1.82) is 0 Å². The molecule has 0 saturated carbocycles. The van der Waals surface area contributed by atoms with E-state index in [2.05, 4.69) is 16.9 Å². The number of nitrogens with one attached hydrogen (secondary N) is 1. The minimum absolute atomic E-state index is 0.0580. The third kappa shape index (κ3) is 3.93. The summed E-state index contributed by atoms with van der Waals surface area (Å²) in [6, 6.07) is 14.9. The molecule has 1 N–H and O–H groups in total. The Morgan fingerprint density at radius 1 is 0.929 bits per heavy atom. The summed E-state index contributed by atoms with van der Waals surface area (Å²) in [5, 5.41) is 3.19. The van der Waals surface area contributed by atoms with E-state index in [1.807, 2.05) is 45.0 Å². The summed E-state index contributed by atoms with van der Waals surface area (Å²) in [7, 11) is 0. The maximum absolute atomic E-state index is 13.4. The third-order valence-corrected chi connectivity index (χ3v) is 4.78. The summed E-state index contributed by atoms with van der Waals surface area (Å²) in [5.74, 6) is 0.500. The van der Waals surface area contributed by atoms with E-state index in [9.17, 15) is 13.2 Å². The summed E-state index contributed by atoms with van der Waals surface area (Å²) < 4.78 is 40.3. The molecule has 0 fully saturated rings. The van der Waals surface area contributed by atoms with Gasteiger partial charge in [-0.1, -0.05) is 49.0 Å². The molecule has 144 valence electrons. The zero-order valence-corrected chi connectivity index (χ0v) is 16.0. The number of alkyl halides is 3. The Morgan fingerprint density at radius 3 is 2.25 bits per heavy atom. The van der Waals surface area contributed by atoms with Gasteiger partial charge in [-0.15, -0.1) is 0 Å². The van der Waals surface area contributed by atoms with Gasteiger partial charge in [0.1, 0.15) is 5.82 Å². The van der Waals surface area contributed by atoms with Crippen molar-refractivity contribution in [3.05, 3.63) is 89.0 Å². The average molecular weight is 382 g/mol. The van der Waals surface area contributed by atoms with Gasteiger partial charge in [0.05, 0.1) is 11.3 Å². The normalized spacial score (nSPS) is 11.4. The molecule has 0 radical (unpaired) electrons. The Hall–Kier alpha value is -3.08. The van der Waals surface area contributed by atoms with Crippen LogP contribution >= 0.6 is 0 Å². The second-order valence-electron chi connectivity index (χ2n) is 6.76. The van der Waals surface area contributed by atoms with E-state index in [0.29, 0.717) is 11.5 Å². The molecule has 0 aliphatic heterocycles. The topological polar surface area (TPSA) is 24.9 Å². The first-order chi connectivity index (χ1) is 13.2. The predicted octanol–water partition coefficient (Wildman–Crippen LogP) is 6.78. The van der Waals surface area contributed by atoms with Crippen molar-refractivity contribution in [2.45, 2.75) is 26.9 Å². The minimum atomic E-state index is -4.45. The van der Waals surface area contributed by atoms with E-state index in [0.717, 1.165) is 28.3 Å². The molecule has 0 aliphatic carbocycles. The van der Waals surface area contributed by atoms with Gasteiger partial charge in [-0.3, -0.25) is 0 Å². The smallest absolute Gasteiger partial charge is 0.340 e. The zero-order chi connectivity index (χ0) is 20.5. The molecule has 0 aliphatic rings. The highest BCUT2D eigenvalue weighted by atomic mass is 19.4. The fraction of sp³-hybridized carbons (Fsp3) is 0.174. The van der Waals surface area contributed by atoms with Gasteiger partial charge in [-0.05, 0) is 49.6 Å². The second-order valence-corrected chi connectivity index (χ2v) is 6.76. The summed E-state index contributed by atoms with van der Waals surface area (Å²) in [6.45, 7) is 9.80. The summed E-state index contributed by atoms with van der Waals surface area (Å²) >= 11 is 0. The molecular formula is C23H21F3N2. The van der Waals surface area contributed by atoms with E-state index in [-0.39, 0.29) is 11.3 Å². The Labute approximate surface area is 162 Å². The molecular weight excluding hydrogens is 361 g/mol. The number of pyridine rings is 1. The minimum Gasteiger partial charge on any atom is -0.340 e. The molecule has 1 aromatic heterocycles. The van der Waals surface area contributed by atoms with E-state index in [1.54, 1.807) is 12.1 Å². The van der Waals surface area contributed by atoms with Crippen LogP contribution in [-0.2, 0) is 6.18 Å². The highest BCUT2D eigenvalue weighted by Gasteiger charge is 2.33. The van der Waals surface area contributed by atoms with Crippen LogP contribution in [-0.4, -0.2) is 4.98 Å². The van der Waals surface area contributed by atoms with Gasteiger partial charge < -0.3 is 5.32 Å². The SMILES string of the molecule is C=C(Nc1nc(-c2ccccc2C(F)(F)F)cc(C)c1C)c1ccccc1C. The number of benzene rings is 2. The molecule has 1 heterocycles. The molecule has 0 saturated heterocycles. The van der Waals surface area contributed by atoms with Gasteiger partial charge in [0, 0.05) is 16.8 Å². The Balaban J connectivity index is 2.06. The Kier molecular flexibility index (Phi) is 5.27. The summed E-state index contributed by atoms with van der Waals surface area (Å²) in [5.41, 5.74) is 3.97. The van der Waals surface area contributed by atoms with Crippen LogP contribution in [0.4, 0.5) is 19.0 Å². The standard InChI is InChI=1S/C23H21F3N2/c1-14-9-5-6-10-18(14)17(4)27-22-16(3)15(2)13-21(28-22)19-11-7-8-12-20(19)23(24,25)26/h5-13H,4H2,1-3H3,(H,27,28). The third-order valence-electron chi connectivity index (χ3n) is 4.78. The predicted molar refractivity (Wildman–Crippen MR) is 108 cm³/mol. The molecule has 0 amide bonds. The van der Waals surface area contributed by atoms with Crippen LogP contribution in [0, 0.1) is 20.8 Å². The van der Waals surface area contributed by atoms with Crippen LogP contribution in [0.1, 0.15) is 27.8 Å². The molecule has 0 spiro atoms. The lowest BCUT2D eigenvalue weighted by Crippen LogP contribution is -2.09. The molecule has 5 heteroatoms. The first-order valence-electron chi connectivity index (χ1n) is 8.85. The first kappa shape index (κ1) is 19.7. The first-order valence-corrected chi connectivity index (χ1v) is 8.85. The summed E-state index contributed by atoms with van der Waals surface area (Å²) in [4.78, 5) is 4.50. The van der Waals surface area contributed by atoms with Crippen LogP contribution in [0.2, 0.25) is 0 Å². The fourth-order valence-corrected chi connectivity index (χ4v) is 3.07. The van der Waals surface area contributed by atoms with Crippen molar-refractivity contribution in [3.8, 4) is 11.3 Å². The van der Waals surface area contributed by atoms with Gasteiger partial charge >= 0.3 is 6.18 Å². The average Bonchev–Trinajstić information content (AvgIpc) is 2.65. The fourth-order valence-electron chi connectivity index (χ4n) is 3.07. The number of nitrogens with zero attached hydrogens (tertiary/aromatic N) is 1.